The van der Waals surface area contributed by atoms with Gasteiger partial charge in [0.25, 0.3) is 5.91 Å². The molecule has 1 aromatic heterocycles. The highest BCUT2D eigenvalue weighted by Crippen LogP contribution is 2.12. The number of aliphatic imine (C=N–C) groups is 1. The second-order valence-corrected chi connectivity index (χ2v) is 5.40. The number of guanidine groups is 1. The molecule has 12 N–H and O–H groups in total. The second kappa shape index (κ2) is 10.5. The first kappa shape index (κ1) is 21.6. The number of nitrogen functional groups attached to an aromatic ring is 2. The first-order chi connectivity index (χ1) is 12.8. The van der Waals surface area contributed by atoms with Crippen molar-refractivity contribution in [2.75, 3.05) is 31.1 Å². The van der Waals surface area contributed by atoms with Gasteiger partial charge in [-0.25, -0.2) is 9.97 Å². The molecular formula is C14H24N10O3. The number of carbonyl (C=O) groups is 3. The summed E-state index contributed by atoms with van der Waals surface area (Å²) in [6, 6.07) is -0.911. The number of hydrogen-bond acceptors (Lipinski definition) is 9. The number of aromatic nitrogens is 2. The summed E-state index contributed by atoms with van der Waals surface area (Å²) in [6.07, 6.45) is 1.04. The highest BCUT2D eigenvalue weighted by atomic mass is 16.2. The molecule has 0 aliphatic carbocycles. The Balaban J connectivity index is 2.90. The van der Waals surface area contributed by atoms with E-state index in [2.05, 4.69) is 25.6 Å². The van der Waals surface area contributed by atoms with Crippen LogP contribution >= 0.6 is 0 Å². The zero-order valence-corrected chi connectivity index (χ0v) is 14.6. The van der Waals surface area contributed by atoms with Crippen molar-refractivity contribution >= 4 is 35.7 Å². The molecule has 0 saturated carbocycles. The van der Waals surface area contributed by atoms with Crippen molar-refractivity contribution in [3.63, 3.8) is 0 Å². The molecule has 0 aromatic carbocycles. The van der Waals surface area contributed by atoms with Crippen LogP contribution in [0.15, 0.2) is 4.99 Å². The third kappa shape index (κ3) is 6.74. The Morgan fingerprint density at radius 1 is 1.19 bits per heavy atom. The summed E-state index contributed by atoms with van der Waals surface area (Å²) in [6.45, 7) is 0.756. The first-order valence-electron chi connectivity index (χ1n) is 8.02. The lowest BCUT2D eigenvalue weighted by Gasteiger charge is -2.18. The fraction of sp³-hybridized carbons (Fsp3) is 0.429. The van der Waals surface area contributed by atoms with Crippen molar-refractivity contribution < 1.29 is 14.4 Å². The summed E-state index contributed by atoms with van der Waals surface area (Å²) in [5.74, 6) is -1.81. The zero-order chi connectivity index (χ0) is 20.4. The minimum absolute atomic E-state index is 0.0723. The van der Waals surface area contributed by atoms with E-state index >= 15 is 0 Å². The Bertz CT molecular complexity index is 717. The van der Waals surface area contributed by atoms with Gasteiger partial charge in [-0.15, -0.1) is 0 Å². The van der Waals surface area contributed by atoms with Crippen LogP contribution in [0.3, 0.4) is 0 Å². The van der Waals surface area contributed by atoms with E-state index in [1.807, 2.05) is 0 Å². The van der Waals surface area contributed by atoms with Crippen LogP contribution in [0.5, 0.6) is 0 Å². The van der Waals surface area contributed by atoms with E-state index < -0.39 is 17.9 Å². The number of hydrogen-bond donors (Lipinski definition) is 7. The molecule has 1 heterocycles. The molecule has 27 heavy (non-hydrogen) atoms. The zero-order valence-electron chi connectivity index (χ0n) is 14.6. The number of aldehydes is 1. The van der Waals surface area contributed by atoms with Crippen molar-refractivity contribution in [1.29, 1.82) is 0 Å². The largest absolute Gasteiger partial charge is 0.382 e. The number of carbonyl (C=O) groups excluding carboxylic acids is 3. The van der Waals surface area contributed by atoms with Crippen LogP contribution in [-0.2, 0) is 4.79 Å². The van der Waals surface area contributed by atoms with E-state index in [1.165, 1.54) is 0 Å². The summed E-state index contributed by atoms with van der Waals surface area (Å²) in [5, 5.41) is 5.09. The molecule has 0 aliphatic heterocycles. The summed E-state index contributed by atoms with van der Waals surface area (Å²) in [5.41, 5.74) is 26.6. The fourth-order valence-corrected chi connectivity index (χ4v) is 2.05. The van der Waals surface area contributed by atoms with Crippen molar-refractivity contribution in [1.82, 2.24) is 20.6 Å². The number of nitrogens with two attached hydrogens (primary N) is 5. The molecule has 0 saturated heterocycles. The predicted molar refractivity (Wildman–Crippen MR) is 99.5 cm³/mol. The molecule has 0 radical (unpaired) electrons. The molecule has 1 rings (SSSR count). The molecule has 0 fully saturated rings. The Labute approximate surface area is 155 Å². The van der Waals surface area contributed by atoms with Crippen LogP contribution in [0, 0.1) is 0 Å². The smallest absolute Gasteiger partial charge is 0.274 e. The Kier molecular flexibility index (Phi) is 8.38. The minimum atomic E-state index is -0.911. The lowest BCUT2D eigenvalue weighted by molar-refractivity contribution is -0.123. The molecular weight excluding hydrogens is 356 g/mol. The molecule has 1 aromatic rings. The summed E-state index contributed by atoms with van der Waals surface area (Å²) < 4.78 is 0. The Hall–Kier alpha value is -3.48. The van der Waals surface area contributed by atoms with Crippen molar-refractivity contribution in [2.45, 2.75) is 18.9 Å². The van der Waals surface area contributed by atoms with Crippen molar-refractivity contribution in [3.8, 4) is 0 Å². The van der Waals surface area contributed by atoms with Crippen LogP contribution < -0.4 is 39.3 Å². The van der Waals surface area contributed by atoms with Gasteiger partial charge in [0, 0.05) is 19.6 Å². The van der Waals surface area contributed by atoms with E-state index in [-0.39, 0.29) is 55.0 Å². The number of nitrogens with one attached hydrogen (secondary N) is 2. The maximum Gasteiger partial charge on any atom is 0.274 e. The lowest BCUT2D eigenvalue weighted by atomic mass is 10.1. The SMILES string of the molecule is NCCNC(=O)C(CCCN=C(N)N)NC(=O)c1nc(N)c(C=O)nc1N. The van der Waals surface area contributed by atoms with Crippen LogP contribution in [0.2, 0.25) is 0 Å². The number of amides is 2. The topological polar surface area (TPSA) is 244 Å². The summed E-state index contributed by atoms with van der Waals surface area (Å²) in [7, 11) is 0. The standard InChI is InChI=1S/C14H24N10O3/c15-3-5-20-12(26)7(2-1-4-21-14(18)19)23-13(27)9-11(17)22-8(6-25)10(16)24-9/h6-7H,1-5,15H2,(H2,16,24)(H2,17,22)(H,20,26)(H,23,27)(H4,18,19,21). The van der Waals surface area contributed by atoms with Gasteiger partial charge in [0.15, 0.2) is 29.6 Å². The van der Waals surface area contributed by atoms with Gasteiger partial charge < -0.3 is 39.3 Å². The normalized spacial score (nSPS) is 11.3. The molecule has 13 nitrogen and oxygen atoms in total. The van der Waals surface area contributed by atoms with E-state index in [0.29, 0.717) is 12.7 Å². The van der Waals surface area contributed by atoms with Gasteiger partial charge in [0.1, 0.15) is 11.7 Å². The van der Waals surface area contributed by atoms with Crippen molar-refractivity contribution in [2.24, 2.45) is 22.2 Å². The second-order valence-electron chi connectivity index (χ2n) is 5.40. The van der Waals surface area contributed by atoms with Gasteiger partial charge in [-0.2, -0.15) is 0 Å². The van der Waals surface area contributed by atoms with Gasteiger partial charge in [0.05, 0.1) is 0 Å². The molecule has 148 valence electrons. The average Bonchev–Trinajstić information content (AvgIpc) is 2.63. The summed E-state index contributed by atoms with van der Waals surface area (Å²) >= 11 is 0. The third-order valence-corrected chi connectivity index (χ3v) is 3.32. The number of nitrogens with zero attached hydrogens (tertiary/aromatic N) is 3. The van der Waals surface area contributed by atoms with Gasteiger partial charge in [-0.1, -0.05) is 0 Å². The Morgan fingerprint density at radius 2 is 1.89 bits per heavy atom. The fourth-order valence-electron chi connectivity index (χ4n) is 2.05. The maximum atomic E-state index is 12.4. The highest BCUT2D eigenvalue weighted by molar-refractivity contribution is 6.00. The van der Waals surface area contributed by atoms with E-state index in [0.717, 1.165) is 0 Å². The molecule has 0 bridgehead atoms. The Morgan fingerprint density at radius 3 is 2.48 bits per heavy atom. The van der Waals surface area contributed by atoms with Crippen LogP contribution in [0.25, 0.3) is 0 Å². The molecule has 0 spiro atoms. The quantitative estimate of drug-likeness (QED) is 0.0920. The summed E-state index contributed by atoms with van der Waals surface area (Å²) in [4.78, 5) is 46.8. The van der Waals surface area contributed by atoms with Crippen molar-refractivity contribution in [3.05, 3.63) is 11.4 Å². The number of anilines is 2. The van der Waals surface area contributed by atoms with Crippen LogP contribution in [0.1, 0.15) is 33.8 Å². The highest BCUT2D eigenvalue weighted by Gasteiger charge is 2.24. The minimum Gasteiger partial charge on any atom is -0.382 e. The molecule has 1 atom stereocenters. The number of rotatable bonds is 10. The van der Waals surface area contributed by atoms with Crippen LogP contribution in [-0.4, -0.2) is 59.7 Å². The average molecular weight is 380 g/mol. The van der Waals surface area contributed by atoms with E-state index in [9.17, 15) is 14.4 Å². The third-order valence-electron chi connectivity index (χ3n) is 3.32. The molecule has 13 heteroatoms. The van der Waals surface area contributed by atoms with Crippen LogP contribution in [0.4, 0.5) is 11.6 Å². The lowest BCUT2D eigenvalue weighted by Crippen LogP contribution is -2.48. The maximum absolute atomic E-state index is 12.4. The van der Waals surface area contributed by atoms with E-state index in [1.54, 1.807) is 0 Å². The van der Waals surface area contributed by atoms with Gasteiger partial charge in [0.2, 0.25) is 5.91 Å². The van der Waals surface area contributed by atoms with E-state index in [4.69, 9.17) is 28.7 Å². The van der Waals surface area contributed by atoms with Gasteiger partial charge in [-0.05, 0) is 12.8 Å². The molecule has 1 unspecified atom stereocenters. The predicted octanol–water partition coefficient (Wildman–Crippen LogP) is -3.32. The monoisotopic (exact) mass is 380 g/mol. The van der Waals surface area contributed by atoms with Gasteiger partial charge in [-0.3, -0.25) is 19.4 Å². The first-order valence-corrected chi connectivity index (χ1v) is 8.02. The van der Waals surface area contributed by atoms with Gasteiger partial charge >= 0.3 is 0 Å². The molecule has 2 amide bonds. The molecule has 0 aliphatic rings.